The third kappa shape index (κ3) is 6.88. The summed E-state index contributed by atoms with van der Waals surface area (Å²) < 4.78 is 15.9. The summed E-state index contributed by atoms with van der Waals surface area (Å²) in [6.07, 6.45) is 0.381. The van der Waals surface area contributed by atoms with E-state index in [0.29, 0.717) is 31.8 Å². The molecule has 32 heavy (non-hydrogen) atoms. The summed E-state index contributed by atoms with van der Waals surface area (Å²) in [6, 6.07) is 14.9. The van der Waals surface area contributed by atoms with Crippen LogP contribution in [0.4, 0.5) is 4.79 Å². The van der Waals surface area contributed by atoms with Crippen LogP contribution in [0.1, 0.15) is 30.0 Å². The molecule has 0 radical (unpaired) electrons. The van der Waals surface area contributed by atoms with Gasteiger partial charge in [-0.2, -0.15) is 0 Å². The van der Waals surface area contributed by atoms with E-state index < -0.39 is 6.09 Å². The fourth-order valence-electron chi connectivity index (χ4n) is 3.32. The summed E-state index contributed by atoms with van der Waals surface area (Å²) in [4.78, 5) is 25.2. The molecular formula is C23H28ClN3O5. The zero-order chi connectivity index (χ0) is 22.2. The van der Waals surface area contributed by atoms with Gasteiger partial charge >= 0.3 is 12.1 Å². The molecule has 0 spiro atoms. The lowest BCUT2D eigenvalue weighted by molar-refractivity contribution is -0.143. The molecule has 0 saturated carbocycles. The molecular weight excluding hydrogens is 434 g/mol. The van der Waals surface area contributed by atoms with Crippen molar-refractivity contribution in [2.45, 2.75) is 32.4 Å². The predicted molar refractivity (Wildman–Crippen MR) is 122 cm³/mol. The Morgan fingerprint density at radius 2 is 1.81 bits per heavy atom. The van der Waals surface area contributed by atoms with E-state index in [1.165, 1.54) is 0 Å². The Hall–Kier alpha value is -3.26. The number of esters is 1. The Balaban J connectivity index is 0.00000363. The molecule has 3 N–H and O–H groups in total. The molecule has 1 aliphatic heterocycles. The van der Waals surface area contributed by atoms with Crippen molar-refractivity contribution < 1.29 is 23.8 Å². The van der Waals surface area contributed by atoms with Crippen molar-refractivity contribution in [3.63, 3.8) is 0 Å². The molecule has 172 valence electrons. The number of benzene rings is 2. The molecule has 2 aromatic rings. The van der Waals surface area contributed by atoms with Crippen molar-refractivity contribution in [2.24, 2.45) is 5.73 Å². The van der Waals surface area contributed by atoms with Crippen molar-refractivity contribution in [1.82, 2.24) is 4.90 Å². The minimum absolute atomic E-state index is 0. The summed E-state index contributed by atoms with van der Waals surface area (Å²) in [5, 5.41) is 7.42. The van der Waals surface area contributed by atoms with Gasteiger partial charge in [0.1, 0.15) is 24.8 Å². The van der Waals surface area contributed by atoms with Gasteiger partial charge in [-0.25, -0.2) is 4.79 Å². The number of nitrogens with zero attached hydrogens (tertiary/aromatic N) is 1. The first-order valence-electron chi connectivity index (χ1n) is 10.2. The van der Waals surface area contributed by atoms with Crippen LogP contribution in [0.3, 0.4) is 0 Å². The number of nitrogens with one attached hydrogen (secondary N) is 1. The third-order valence-electron chi connectivity index (χ3n) is 5.00. The normalized spacial score (nSPS) is 15.0. The second-order valence-corrected chi connectivity index (χ2v) is 7.23. The highest BCUT2D eigenvalue weighted by Crippen LogP contribution is 2.20. The van der Waals surface area contributed by atoms with E-state index in [1.54, 1.807) is 24.0 Å². The van der Waals surface area contributed by atoms with Crippen LogP contribution in [-0.4, -0.2) is 48.6 Å². The number of nitrogen functional groups attached to an aromatic ring is 1. The average Bonchev–Trinajstić information content (AvgIpc) is 3.11. The molecule has 1 fully saturated rings. The molecule has 0 bridgehead atoms. The van der Waals surface area contributed by atoms with Crippen LogP contribution < -0.4 is 10.5 Å². The summed E-state index contributed by atoms with van der Waals surface area (Å²) in [7, 11) is 0. The van der Waals surface area contributed by atoms with Crippen LogP contribution in [-0.2, 0) is 27.3 Å². The Morgan fingerprint density at radius 3 is 2.44 bits per heavy atom. The van der Waals surface area contributed by atoms with Crippen LogP contribution >= 0.6 is 12.4 Å². The number of rotatable bonds is 10. The Morgan fingerprint density at radius 1 is 1.16 bits per heavy atom. The molecule has 1 heterocycles. The first-order chi connectivity index (χ1) is 15.0. The smallest absolute Gasteiger partial charge is 0.410 e. The largest absolute Gasteiger partial charge is 0.489 e. The second-order valence-electron chi connectivity index (χ2n) is 7.23. The summed E-state index contributed by atoms with van der Waals surface area (Å²) in [6.45, 7) is 3.07. The number of amides is 1. The molecule has 0 aliphatic carbocycles. The van der Waals surface area contributed by atoms with E-state index in [2.05, 4.69) is 0 Å². The maximum atomic E-state index is 12.0. The monoisotopic (exact) mass is 461 g/mol. The lowest BCUT2D eigenvalue weighted by Crippen LogP contribution is -2.36. The van der Waals surface area contributed by atoms with Crippen LogP contribution in [0.15, 0.2) is 48.5 Å². The second kappa shape index (κ2) is 12.0. The average molecular weight is 462 g/mol. The van der Waals surface area contributed by atoms with Crippen molar-refractivity contribution in [3.05, 3.63) is 65.2 Å². The van der Waals surface area contributed by atoms with Gasteiger partial charge in [-0.1, -0.05) is 36.4 Å². The van der Waals surface area contributed by atoms with Gasteiger partial charge in [0, 0.05) is 12.1 Å². The highest BCUT2D eigenvalue weighted by Gasteiger charge is 2.33. The number of hydrogen-bond donors (Lipinski definition) is 2. The van der Waals surface area contributed by atoms with Gasteiger partial charge in [-0.05, 0) is 36.6 Å². The standard InChI is InChI=1S/C23H27N3O5.ClH/c1-2-29-21(27)11-12-26-19(15-31-23(26)28)13-16-5-9-20(10-6-16)30-14-17-3-7-18(8-4-17)22(24)25;/h3-10,19H,2,11-15H2,1H3,(H3,24,25);1H/t19-;/m0./s1. The first-order valence-corrected chi connectivity index (χ1v) is 10.2. The van der Waals surface area contributed by atoms with Gasteiger partial charge in [0.25, 0.3) is 0 Å². The quantitative estimate of drug-likeness (QED) is 0.318. The molecule has 1 amide bonds. The van der Waals surface area contributed by atoms with Crippen LogP contribution in [0, 0.1) is 5.41 Å². The summed E-state index contributed by atoms with van der Waals surface area (Å²) in [5.74, 6) is 0.451. The van der Waals surface area contributed by atoms with E-state index in [4.69, 9.17) is 25.4 Å². The molecule has 0 unspecified atom stereocenters. The number of amidine groups is 1. The topological polar surface area (TPSA) is 115 Å². The Labute approximate surface area is 193 Å². The molecule has 1 aliphatic rings. The van der Waals surface area contributed by atoms with E-state index in [9.17, 15) is 9.59 Å². The van der Waals surface area contributed by atoms with Crippen molar-refractivity contribution in [1.29, 1.82) is 5.41 Å². The molecule has 2 aromatic carbocycles. The van der Waals surface area contributed by atoms with Gasteiger partial charge in [0.15, 0.2) is 0 Å². The fraction of sp³-hybridized carbons (Fsp3) is 0.348. The minimum atomic E-state index is -0.398. The first kappa shape index (κ1) is 25.0. The molecule has 1 atom stereocenters. The number of hydrogen-bond acceptors (Lipinski definition) is 6. The molecule has 1 saturated heterocycles. The SMILES string of the molecule is CCOC(=O)CCN1C(=O)OC[C@@H]1Cc1ccc(OCc2ccc(C(=N)N)cc2)cc1.Cl. The molecule has 3 rings (SSSR count). The Bertz CT molecular complexity index is 918. The van der Waals surface area contributed by atoms with E-state index >= 15 is 0 Å². The van der Waals surface area contributed by atoms with Crippen molar-refractivity contribution >= 4 is 30.3 Å². The van der Waals surface area contributed by atoms with Gasteiger partial charge in [0.05, 0.1) is 19.1 Å². The predicted octanol–water partition coefficient (Wildman–Crippen LogP) is 3.29. The van der Waals surface area contributed by atoms with Crippen LogP contribution in [0.5, 0.6) is 5.75 Å². The maximum absolute atomic E-state index is 12.0. The van der Waals surface area contributed by atoms with E-state index in [-0.39, 0.29) is 43.2 Å². The number of ether oxygens (including phenoxy) is 3. The fourth-order valence-corrected chi connectivity index (χ4v) is 3.32. The highest BCUT2D eigenvalue weighted by atomic mass is 35.5. The lowest BCUT2D eigenvalue weighted by atomic mass is 10.1. The maximum Gasteiger partial charge on any atom is 0.410 e. The lowest BCUT2D eigenvalue weighted by Gasteiger charge is -2.21. The highest BCUT2D eigenvalue weighted by molar-refractivity contribution is 5.94. The van der Waals surface area contributed by atoms with Gasteiger partial charge < -0.3 is 24.8 Å². The zero-order valence-electron chi connectivity index (χ0n) is 17.9. The number of cyclic esters (lactones) is 1. The molecule has 0 aromatic heterocycles. The zero-order valence-corrected chi connectivity index (χ0v) is 18.7. The number of nitrogens with two attached hydrogens (primary N) is 1. The van der Waals surface area contributed by atoms with Gasteiger partial charge in [-0.3, -0.25) is 10.2 Å². The third-order valence-corrected chi connectivity index (χ3v) is 5.00. The van der Waals surface area contributed by atoms with Crippen molar-refractivity contribution in [2.75, 3.05) is 19.8 Å². The number of halogens is 1. The van der Waals surface area contributed by atoms with Crippen molar-refractivity contribution in [3.8, 4) is 5.75 Å². The van der Waals surface area contributed by atoms with Gasteiger partial charge in [-0.15, -0.1) is 12.4 Å². The summed E-state index contributed by atoms with van der Waals surface area (Å²) >= 11 is 0. The van der Waals surface area contributed by atoms with E-state index in [0.717, 1.165) is 16.9 Å². The minimum Gasteiger partial charge on any atom is -0.489 e. The molecule has 9 heteroatoms. The number of carbonyl (C=O) groups is 2. The van der Waals surface area contributed by atoms with Crippen LogP contribution in [0.25, 0.3) is 0 Å². The van der Waals surface area contributed by atoms with Crippen LogP contribution in [0.2, 0.25) is 0 Å². The number of carbonyl (C=O) groups excluding carboxylic acids is 2. The van der Waals surface area contributed by atoms with E-state index in [1.807, 2.05) is 36.4 Å². The Kier molecular flexibility index (Phi) is 9.34. The molecule has 8 nitrogen and oxygen atoms in total. The van der Waals surface area contributed by atoms with Gasteiger partial charge in [0.2, 0.25) is 0 Å². The summed E-state index contributed by atoms with van der Waals surface area (Å²) in [5.41, 5.74) is 8.16.